The van der Waals surface area contributed by atoms with Gasteiger partial charge in [-0.25, -0.2) is 9.78 Å². The number of carbonyl (C=O) groups is 2. The molecular formula is C11H17N3O3S. The van der Waals surface area contributed by atoms with Crippen molar-refractivity contribution in [2.75, 3.05) is 5.73 Å². The van der Waals surface area contributed by atoms with Gasteiger partial charge in [-0.15, -0.1) is 11.3 Å². The van der Waals surface area contributed by atoms with Crippen LogP contribution in [0.15, 0.2) is 5.38 Å². The third-order valence-corrected chi connectivity index (χ3v) is 2.97. The zero-order valence-corrected chi connectivity index (χ0v) is 11.2. The molecule has 100 valence electrons. The van der Waals surface area contributed by atoms with E-state index >= 15 is 0 Å². The molecule has 1 aromatic heterocycles. The lowest BCUT2D eigenvalue weighted by atomic mass is 10.0. The average Bonchev–Trinajstić information content (AvgIpc) is 2.62. The lowest BCUT2D eigenvalue weighted by Crippen LogP contribution is -2.42. The molecule has 1 heterocycles. The highest BCUT2D eigenvalue weighted by molar-refractivity contribution is 7.13. The Kier molecular flexibility index (Phi) is 5.08. The van der Waals surface area contributed by atoms with E-state index in [-0.39, 0.29) is 18.2 Å². The van der Waals surface area contributed by atoms with E-state index in [9.17, 15) is 9.59 Å². The summed E-state index contributed by atoms with van der Waals surface area (Å²) >= 11 is 1.25. The van der Waals surface area contributed by atoms with E-state index in [1.54, 1.807) is 5.38 Å². The molecular weight excluding hydrogens is 254 g/mol. The normalized spacial score (nSPS) is 12.4. The molecule has 0 bridgehead atoms. The topological polar surface area (TPSA) is 105 Å². The average molecular weight is 271 g/mol. The summed E-state index contributed by atoms with van der Waals surface area (Å²) in [7, 11) is 0. The number of aliphatic carboxylic acids is 1. The maximum atomic E-state index is 11.7. The zero-order valence-electron chi connectivity index (χ0n) is 10.3. The van der Waals surface area contributed by atoms with Crippen molar-refractivity contribution in [2.45, 2.75) is 32.7 Å². The summed E-state index contributed by atoms with van der Waals surface area (Å²) in [6.45, 7) is 3.81. The fourth-order valence-electron chi connectivity index (χ4n) is 1.51. The summed E-state index contributed by atoms with van der Waals surface area (Å²) in [6, 6.07) is -0.853. The molecule has 18 heavy (non-hydrogen) atoms. The maximum Gasteiger partial charge on any atom is 0.326 e. The number of nitrogens with one attached hydrogen (secondary N) is 1. The molecule has 1 atom stereocenters. The number of rotatable bonds is 6. The van der Waals surface area contributed by atoms with Gasteiger partial charge in [-0.1, -0.05) is 13.8 Å². The third kappa shape index (κ3) is 4.70. The Labute approximate surface area is 109 Å². The van der Waals surface area contributed by atoms with Gasteiger partial charge in [-0.05, 0) is 12.3 Å². The maximum absolute atomic E-state index is 11.7. The number of anilines is 1. The van der Waals surface area contributed by atoms with Crippen LogP contribution in [-0.4, -0.2) is 28.0 Å². The second-order valence-corrected chi connectivity index (χ2v) is 5.33. The standard InChI is InChI=1S/C11H17N3O3S/c1-6(2)3-8(10(16)17)14-9(15)4-7-5-18-11(12)13-7/h5-6,8H,3-4H2,1-2H3,(H2,12,13)(H,14,15)(H,16,17). The molecule has 0 radical (unpaired) electrons. The number of aromatic nitrogens is 1. The molecule has 6 nitrogen and oxygen atoms in total. The van der Waals surface area contributed by atoms with Crippen LogP contribution in [0.2, 0.25) is 0 Å². The van der Waals surface area contributed by atoms with Gasteiger partial charge in [-0.3, -0.25) is 4.79 Å². The van der Waals surface area contributed by atoms with Crippen LogP contribution in [0.1, 0.15) is 26.0 Å². The van der Waals surface area contributed by atoms with Crippen molar-refractivity contribution in [1.82, 2.24) is 10.3 Å². The molecule has 0 aliphatic carbocycles. The third-order valence-electron chi connectivity index (χ3n) is 2.25. The van der Waals surface area contributed by atoms with E-state index in [0.29, 0.717) is 17.2 Å². The van der Waals surface area contributed by atoms with Crippen molar-refractivity contribution in [2.24, 2.45) is 5.92 Å². The van der Waals surface area contributed by atoms with Gasteiger partial charge in [0.15, 0.2) is 5.13 Å². The summed E-state index contributed by atoms with van der Waals surface area (Å²) in [6.07, 6.45) is 0.454. The summed E-state index contributed by atoms with van der Waals surface area (Å²) in [5.74, 6) is -1.18. The van der Waals surface area contributed by atoms with Crippen molar-refractivity contribution in [3.63, 3.8) is 0 Å². The van der Waals surface area contributed by atoms with Crippen LogP contribution >= 0.6 is 11.3 Å². The van der Waals surface area contributed by atoms with Gasteiger partial charge in [-0.2, -0.15) is 0 Å². The van der Waals surface area contributed by atoms with Crippen LogP contribution in [0, 0.1) is 5.92 Å². The van der Waals surface area contributed by atoms with Gasteiger partial charge in [0.1, 0.15) is 6.04 Å². The van der Waals surface area contributed by atoms with Gasteiger partial charge in [0.25, 0.3) is 0 Å². The minimum Gasteiger partial charge on any atom is -0.480 e. The van der Waals surface area contributed by atoms with Crippen molar-refractivity contribution >= 4 is 28.3 Å². The minimum atomic E-state index is -1.02. The molecule has 0 aliphatic heterocycles. The van der Waals surface area contributed by atoms with Gasteiger partial charge >= 0.3 is 5.97 Å². The van der Waals surface area contributed by atoms with E-state index in [4.69, 9.17) is 10.8 Å². The number of carboxylic acid groups (broad SMARTS) is 1. The molecule has 0 saturated carbocycles. The van der Waals surface area contributed by atoms with Crippen molar-refractivity contribution < 1.29 is 14.7 Å². The molecule has 0 fully saturated rings. The fraction of sp³-hybridized carbons (Fsp3) is 0.545. The smallest absolute Gasteiger partial charge is 0.326 e. The number of nitrogens with two attached hydrogens (primary N) is 1. The molecule has 1 unspecified atom stereocenters. The second-order valence-electron chi connectivity index (χ2n) is 4.44. The Morgan fingerprint density at radius 2 is 2.22 bits per heavy atom. The van der Waals surface area contributed by atoms with Crippen LogP contribution in [0.4, 0.5) is 5.13 Å². The van der Waals surface area contributed by atoms with E-state index in [2.05, 4.69) is 10.3 Å². The van der Waals surface area contributed by atoms with Crippen LogP contribution in [0.5, 0.6) is 0 Å². The van der Waals surface area contributed by atoms with Crippen molar-refractivity contribution in [1.29, 1.82) is 0 Å². The molecule has 0 spiro atoms. The number of thiazole rings is 1. The van der Waals surface area contributed by atoms with Crippen LogP contribution < -0.4 is 11.1 Å². The van der Waals surface area contributed by atoms with E-state index in [0.717, 1.165) is 0 Å². The second kappa shape index (κ2) is 6.34. The highest BCUT2D eigenvalue weighted by Gasteiger charge is 2.21. The van der Waals surface area contributed by atoms with E-state index in [1.165, 1.54) is 11.3 Å². The zero-order chi connectivity index (χ0) is 13.7. The van der Waals surface area contributed by atoms with Gasteiger partial charge in [0.05, 0.1) is 12.1 Å². The molecule has 0 saturated heterocycles. The first-order valence-electron chi connectivity index (χ1n) is 5.60. The molecule has 1 aromatic rings. The van der Waals surface area contributed by atoms with Crippen LogP contribution in [-0.2, 0) is 16.0 Å². The number of carboxylic acids is 1. The number of amides is 1. The molecule has 1 amide bonds. The first-order valence-corrected chi connectivity index (χ1v) is 6.48. The molecule has 4 N–H and O–H groups in total. The summed E-state index contributed by atoms with van der Waals surface area (Å²) < 4.78 is 0. The Morgan fingerprint density at radius 3 is 2.67 bits per heavy atom. The number of nitrogens with zero attached hydrogens (tertiary/aromatic N) is 1. The van der Waals surface area contributed by atoms with Crippen LogP contribution in [0.25, 0.3) is 0 Å². The Bertz CT molecular complexity index is 431. The predicted molar refractivity (Wildman–Crippen MR) is 69.3 cm³/mol. The van der Waals surface area contributed by atoms with Crippen LogP contribution in [0.3, 0.4) is 0 Å². The Hall–Kier alpha value is -1.63. The Morgan fingerprint density at radius 1 is 1.56 bits per heavy atom. The summed E-state index contributed by atoms with van der Waals surface area (Å²) in [4.78, 5) is 26.6. The van der Waals surface area contributed by atoms with Gasteiger partial charge in [0, 0.05) is 5.38 Å². The SMILES string of the molecule is CC(C)CC(NC(=O)Cc1csc(N)n1)C(=O)O. The summed E-state index contributed by atoms with van der Waals surface area (Å²) in [5.41, 5.74) is 6.01. The number of hydrogen-bond donors (Lipinski definition) is 3. The molecule has 7 heteroatoms. The highest BCUT2D eigenvalue weighted by Crippen LogP contribution is 2.11. The van der Waals surface area contributed by atoms with Gasteiger partial charge < -0.3 is 16.2 Å². The highest BCUT2D eigenvalue weighted by atomic mass is 32.1. The molecule has 0 aliphatic rings. The first kappa shape index (κ1) is 14.4. The first-order chi connectivity index (χ1) is 8.38. The van der Waals surface area contributed by atoms with Crippen molar-refractivity contribution in [3.05, 3.63) is 11.1 Å². The van der Waals surface area contributed by atoms with E-state index < -0.39 is 12.0 Å². The largest absolute Gasteiger partial charge is 0.480 e. The van der Waals surface area contributed by atoms with Gasteiger partial charge in [0.2, 0.25) is 5.91 Å². The molecule has 1 rings (SSSR count). The quantitative estimate of drug-likeness (QED) is 0.712. The lowest BCUT2D eigenvalue weighted by molar-refractivity contribution is -0.142. The Balaban J connectivity index is 2.53. The number of nitrogen functional groups attached to an aromatic ring is 1. The van der Waals surface area contributed by atoms with E-state index in [1.807, 2.05) is 13.8 Å². The fourth-order valence-corrected chi connectivity index (χ4v) is 2.07. The lowest BCUT2D eigenvalue weighted by Gasteiger charge is -2.16. The minimum absolute atomic E-state index is 0.0512. The number of carbonyl (C=O) groups excluding carboxylic acids is 1. The predicted octanol–water partition coefficient (Wildman–Crippen LogP) is 0.883. The molecule has 0 aromatic carbocycles. The monoisotopic (exact) mass is 271 g/mol. The summed E-state index contributed by atoms with van der Waals surface area (Å²) in [5, 5.41) is 13.6. The number of hydrogen-bond acceptors (Lipinski definition) is 5. The van der Waals surface area contributed by atoms with Crippen molar-refractivity contribution in [3.8, 4) is 0 Å².